The lowest BCUT2D eigenvalue weighted by atomic mass is 10.3. The zero-order chi connectivity index (χ0) is 13.2. The molecule has 3 heterocycles. The molecule has 94 valence electrons. The van der Waals surface area contributed by atoms with Gasteiger partial charge in [0.15, 0.2) is 12.6 Å². The van der Waals surface area contributed by atoms with Gasteiger partial charge in [-0.3, -0.25) is 9.59 Å². The molecule has 3 aromatic heterocycles. The van der Waals surface area contributed by atoms with E-state index in [-0.39, 0.29) is 0 Å². The minimum absolute atomic E-state index is 0.606. The largest absolute Gasteiger partial charge is 0.359 e. The Balaban J connectivity index is 1.94. The lowest BCUT2D eigenvalue weighted by molar-refractivity contribution is 0.111. The summed E-state index contributed by atoms with van der Waals surface area (Å²) in [5.41, 5.74) is 4.66. The van der Waals surface area contributed by atoms with Crippen molar-refractivity contribution in [1.29, 1.82) is 0 Å². The molecule has 0 aromatic carbocycles. The fourth-order valence-corrected chi connectivity index (χ4v) is 1.98. The van der Waals surface area contributed by atoms with Crippen LogP contribution < -0.4 is 0 Å². The van der Waals surface area contributed by atoms with Crippen molar-refractivity contribution in [2.45, 2.75) is 0 Å². The number of rotatable bonds is 4. The van der Waals surface area contributed by atoms with E-state index in [1.54, 1.807) is 24.5 Å². The summed E-state index contributed by atoms with van der Waals surface area (Å²) in [6, 6.07) is 7.37. The molecule has 3 rings (SSSR count). The van der Waals surface area contributed by atoms with Crippen LogP contribution in [0.25, 0.3) is 22.8 Å². The standard InChI is InChI=1S/C14H11N3O2/c18-7-9-3-13(15-5-9)11-1-2-12(17-11)14-4-10(8-19)6-16-14/h1-8,15-17H. The molecule has 0 bridgehead atoms. The minimum atomic E-state index is 0.606. The first-order valence-corrected chi connectivity index (χ1v) is 5.77. The molecular formula is C14H11N3O2. The number of aromatic nitrogens is 3. The molecule has 0 saturated heterocycles. The second kappa shape index (κ2) is 4.45. The minimum Gasteiger partial charge on any atom is -0.359 e. The normalized spacial score (nSPS) is 10.5. The quantitative estimate of drug-likeness (QED) is 0.625. The van der Waals surface area contributed by atoms with Crippen LogP contribution in [-0.4, -0.2) is 27.5 Å². The Hall–Kier alpha value is -2.82. The predicted molar refractivity (Wildman–Crippen MR) is 71.1 cm³/mol. The van der Waals surface area contributed by atoms with Crippen LogP contribution in [-0.2, 0) is 0 Å². The molecule has 0 unspecified atom stereocenters. The van der Waals surface area contributed by atoms with Crippen LogP contribution in [0, 0.1) is 0 Å². The molecule has 3 N–H and O–H groups in total. The Kier molecular flexibility index (Phi) is 2.64. The molecule has 0 aliphatic heterocycles. The first-order valence-electron chi connectivity index (χ1n) is 5.77. The van der Waals surface area contributed by atoms with Gasteiger partial charge in [-0.05, 0) is 24.3 Å². The lowest BCUT2D eigenvalue weighted by Gasteiger charge is -1.94. The topological polar surface area (TPSA) is 81.5 Å². The fraction of sp³-hybridized carbons (Fsp3) is 0. The first-order chi connectivity index (χ1) is 9.30. The Morgan fingerprint density at radius 2 is 1.21 bits per heavy atom. The Labute approximate surface area is 108 Å². The zero-order valence-electron chi connectivity index (χ0n) is 9.94. The first kappa shape index (κ1) is 11.3. The van der Waals surface area contributed by atoms with Crippen LogP contribution in [0.1, 0.15) is 20.7 Å². The van der Waals surface area contributed by atoms with Crippen molar-refractivity contribution < 1.29 is 9.59 Å². The Morgan fingerprint density at radius 3 is 1.58 bits per heavy atom. The van der Waals surface area contributed by atoms with E-state index in [9.17, 15) is 9.59 Å². The Bertz CT molecular complexity index is 673. The van der Waals surface area contributed by atoms with E-state index in [1.807, 2.05) is 12.1 Å². The molecule has 0 radical (unpaired) electrons. The highest BCUT2D eigenvalue weighted by atomic mass is 16.1. The van der Waals surface area contributed by atoms with Gasteiger partial charge in [-0.2, -0.15) is 0 Å². The van der Waals surface area contributed by atoms with Crippen LogP contribution in [0.4, 0.5) is 0 Å². The molecule has 5 heteroatoms. The van der Waals surface area contributed by atoms with E-state index < -0.39 is 0 Å². The summed E-state index contributed by atoms with van der Waals surface area (Å²) < 4.78 is 0. The third-order valence-electron chi connectivity index (χ3n) is 2.95. The molecular weight excluding hydrogens is 242 g/mol. The van der Waals surface area contributed by atoms with Crippen LogP contribution in [0.15, 0.2) is 36.7 Å². The van der Waals surface area contributed by atoms with Crippen molar-refractivity contribution in [3.8, 4) is 22.8 Å². The highest BCUT2D eigenvalue weighted by Gasteiger charge is 2.07. The van der Waals surface area contributed by atoms with Crippen LogP contribution in [0.5, 0.6) is 0 Å². The summed E-state index contributed by atoms with van der Waals surface area (Å²) in [5.74, 6) is 0. The molecule has 3 aromatic rings. The van der Waals surface area contributed by atoms with E-state index in [2.05, 4.69) is 15.0 Å². The monoisotopic (exact) mass is 253 g/mol. The molecule has 0 amide bonds. The van der Waals surface area contributed by atoms with Gasteiger partial charge in [0.1, 0.15) is 0 Å². The average Bonchev–Trinajstić information content (AvgIpc) is 3.16. The van der Waals surface area contributed by atoms with E-state index >= 15 is 0 Å². The fourth-order valence-electron chi connectivity index (χ4n) is 1.98. The molecule has 0 spiro atoms. The van der Waals surface area contributed by atoms with Gasteiger partial charge in [0.2, 0.25) is 0 Å². The van der Waals surface area contributed by atoms with Crippen molar-refractivity contribution >= 4 is 12.6 Å². The molecule has 0 aliphatic rings. The summed E-state index contributed by atoms with van der Waals surface area (Å²) in [7, 11) is 0. The maximum absolute atomic E-state index is 10.6. The third-order valence-corrected chi connectivity index (χ3v) is 2.95. The van der Waals surface area contributed by atoms with Crippen LogP contribution >= 0.6 is 0 Å². The van der Waals surface area contributed by atoms with Gasteiger partial charge in [-0.15, -0.1) is 0 Å². The Morgan fingerprint density at radius 1 is 0.737 bits per heavy atom. The van der Waals surface area contributed by atoms with E-state index in [0.29, 0.717) is 11.1 Å². The summed E-state index contributed by atoms with van der Waals surface area (Å²) in [4.78, 5) is 30.6. The van der Waals surface area contributed by atoms with E-state index in [4.69, 9.17) is 0 Å². The number of carbonyl (C=O) groups excluding carboxylic acids is 2. The van der Waals surface area contributed by atoms with Crippen LogP contribution in [0.2, 0.25) is 0 Å². The lowest BCUT2D eigenvalue weighted by Crippen LogP contribution is -1.79. The van der Waals surface area contributed by atoms with Crippen molar-refractivity contribution in [2.24, 2.45) is 0 Å². The number of hydrogen-bond donors (Lipinski definition) is 3. The molecule has 0 aliphatic carbocycles. The van der Waals surface area contributed by atoms with Gasteiger partial charge in [-0.25, -0.2) is 0 Å². The van der Waals surface area contributed by atoms with Gasteiger partial charge in [0, 0.05) is 23.5 Å². The van der Waals surface area contributed by atoms with Gasteiger partial charge in [0.05, 0.1) is 22.8 Å². The van der Waals surface area contributed by atoms with Crippen LogP contribution in [0.3, 0.4) is 0 Å². The number of carbonyl (C=O) groups is 2. The molecule has 19 heavy (non-hydrogen) atoms. The number of H-pyrrole nitrogens is 3. The molecule has 0 fully saturated rings. The maximum Gasteiger partial charge on any atom is 0.151 e. The predicted octanol–water partition coefficient (Wildman–Crippen LogP) is 2.63. The molecule has 0 saturated carbocycles. The number of nitrogens with one attached hydrogen (secondary N) is 3. The average molecular weight is 253 g/mol. The van der Waals surface area contributed by atoms with E-state index in [1.165, 1.54) is 0 Å². The number of aldehydes is 2. The summed E-state index contributed by atoms with van der Waals surface area (Å²) in [6.07, 6.45) is 4.90. The molecule has 5 nitrogen and oxygen atoms in total. The zero-order valence-corrected chi connectivity index (χ0v) is 9.94. The summed E-state index contributed by atoms with van der Waals surface area (Å²) >= 11 is 0. The molecule has 0 atom stereocenters. The van der Waals surface area contributed by atoms with Gasteiger partial charge < -0.3 is 15.0 Å². The second-order valence-corrected chi connectivity index (χ2v) is 4.21. The van der Waals surface area contributed by atoms with Crippen molar-refractivity contribution in [1.82, 2.24) is 15.0 Å². The maximum atomic E-state index is 10.6. The summed E-state index contributed by atoms with van der Waals surface area (Å²) in [6.45, 7) is 0. The van der Waals surface area contributed by atoms with Gasteiger partial charge in [-0.1, -0.05) is 0 Å². The van der Waals surface area contributed by atoms with Crippen molar-refractivity contribution in [3.05, 3.63) is 47.8 Å². The number of hydrogen-bond acceptors (Lipinski definition) is 2. The van der Waals surface area contributed by atoms with E-state index in [0.717, 1.165) is 35.3 Å². The smallest absolute Gasteiger partial charge is 0.151 e. The van der Waals surface area contributed by atoms with Crippen molar-refractivity contribution in [3.63, 3.8) is 0 Å². The number of aromatic amines is 3. The van der Waals surface area contributed by atoms with Gasteiger partial charge in [0.25, 0.3) is 0 Å². The third kappa shape index (κ3) is 2.01. The van der Waals surface area contributed by atoms with Gasteiger partial charge >= 0.3 is 0 Å². The summed E-state index contributed by atoms with van der Waals surface area (Å²) in [5, 5.41) is 0. The highest BCUT2D eigenvalue weighted by molar-refractivity contribution is 5.79. The second-order valence-electron chi connectivity index (χ2n) is 4.21. The van der Waals surface area contributed by atoms with Crippen molar-refractivity contribution in [2.75, 3.05) is 0 Å². The SMILES string of the molecule is O=Cc1c[nH]c(-c2ccc(-c3cc(C=O)c[nH]3)[nH]2)c1. The highest BCUT2D eigenvalue weighted by Crippen LogP contribution is 2.23.